The molecule has 5 nitrogen and oxygen atoms in total. The SMILES string of the molecule is COC(=O)CNC(=O)[C@@]1(N)C=C1c1ccccc1. The molecule has 1 atom stereocenters. The summed E-state index contributed by atoms with van der Waals surface area (Å²) in [6.07, 6.45) is 1.68. The average Bonchev–Trinajstić information content (AvgIpc) is 3.10. The van der Waals surface area contributed by atoms with Gasteiger partial charge >= 0.3 is 5.97 Å². The number of methoxy groups -OCH3 is 1. The van der Waals surface area contributed by atoms with Crippen molar-refractivity contribution in [2.75, 3.05) is 13.7 Å². The molecule has 2 rings (SSSR count). The Hall–Kier alpha value is -2.14. The Morgan fingerprint density at radius 2 is 2.00 bits per heavy atom. The lowest BCUT2D eigenvalue weighted by Crippen LogP contribution is -2.46. The predicted octanol–water partition coefficient (Wildman–Crippen LogP) is 0.0703. The van der Waals surface area contributed by atoms with Crippen LogP contribution in [-0.2, 0) is 14.3 Å². The van der Waals surface area contributed by atoms with Crippen LogP contribution < -0.4 is 11.1 Å². The highest BCUT2D eigenvalue weighted by molar-refractivity contribution is 6.13. The average molecular weight is 246 g/mol. The van der Waals surface area contributed by atoms with Gasteiger partial charge in [-0.05, 0) is 17.2 Å². The molecule has 1 aromatic carbocycles. The second-order valence-electron chi connectivity index (χ2n) is 4.05. The topological polar surface area (TPSA) is 81.4 Å². The van der Waals surface area contributed by atoms with Crippen molar-refractivity contribution in [2.45, 2.75) is 5.54 Å². The van der Waals surface area contributed by atoms with E-state index in [1.165, 1.54) is 7.11 Å². The van der Waals surface area contributed by atoms with Gasteiger partial charge in [0.15, 0.2) is 0 Å². The molecule has 1 aromatic rings. The third kappa shape index (κ3) is 2.26. The minimum atomic E-state index is -1.10. The van der Waals surface area contributed by atoms with Gasteiger partial charge in [0, 0.05) is 0 Å². The van der Waals surface area contributed by atoms with E-state index in [1.54, 1.807) is 6.08 Å². The summed E-state index contributed by atoms with van der Waals surface area (Å²) >= 11 is 0. The van der Waals surface area contributed by atoms with Crippen LogP contribution >= 0.6 is 0 Å². The van der Waals surface area contributed by atoms with Gasteiger partial charge in [-0.25, -0.2) is 0 Å². The van der Waals surface area contributed by atoms with E-state index in [1.807, 2.05) is 30.3 Å². The molecule has 0 unspecified atom stereocenters. The van der Waals surface area contributed by atoms with Gasteiger partial charge in [0.25, 0.3) is 0 Å². The number of esters is 1. The molecular formula is C13H14N2O3. The number of carbonyl (C=O) groups is 2. The van der Waals surface area contributed by atoms with Crippen LogP contribution in [0.5, 0.6) is 0 Å². The molecule has 0 radical (unpaired) electrons. The molecule has 0 aliphatic heterocycles. The molecule has 0 aromatic heterocycles. The minimum absolute atomic E-state index is 0.176. The highest BCUT2D eigenvalue weighted by Crippen LogP contribution is 2.40. The molecular weight excluding hydrogens is 232 g/mol. The Bertz CT molecular complexity index is 510. The number of hydrogen-bond acceptors (Lipinski definition) is 4. The maximum Gasteiger partial charge on any atom is 0.325 e. The van der Waals surface area contributed by atoms with E-state index in [4.69, 9.17) is 5.73 Å². The number of amides is 1. The lowest BCUT2D eigenvalue weighted by molar-refractivity contribution is -0.141. The van der Waals surface area contributed by atoms with Gasteiger partial charge in [-0.1, -0.05) is 30.3 Å². The number of hydrogen-bond donors (Lipinski definition) is 2. The lowest BCUT2D eigenvalue weighted by Gasteiger charge is -2.12. The van der Waals surface area contributed by atoms with E-state index in [2.05, 4.69) is 10.1 Å². The molecule has 0 spiro atoms. The van der Waals surface area contributed by atoms with Crippen LogP contribution in [0.1, 0.15) is 5.56 Å². The van der Waals surface area contributed by atoms with E-state index in [0.717, 1.165) is 11.1 Å². The van der Waals surface area contributed by atoms with E-state index >= 15 is 0 Å². The van der Waals surface area contributed by atoms with Gasteiger partial charge < -0.3 is 15.8 Å². The molecule has 0 saturated heterocycles. The van der Waals surface area contributed by atoms with Crippen LogP contribution in [0.3, 0.4) is 0 Å². The fourth-order valence-corrected chi connectivity index (χ4v) is 1.69. The van der Waals surface area contributed by atoms with Crippen molar-refractivity contribution in [3.63, 3.8) is 0 Å². The zero-order valence-electron chi connectivity index (χ0n) is 9.97. The first-order chi connectivity index (χ1) is 8.58. The summed E-state index contributed by atoms with van der Waals surface area (Å²) in [6.45, 7) is -0.176. The van der Waals surface area contributed by atoms with Crippen molar-refractivity contribution in [3.8, 4) is 0 Å². The molecule has 0 bridgehead atoms. The van der Waals surface area contributed by atoms with Gasteiger partial charge in [0.2, 0.25) is 5.91 Å². The molecule has 3 N–H and O–H groups in total. The third-order valence-electron chi connectivity index (χ3n) is 2.82. The van der Waals surface area contributed by atoms with Crippen molar-refractivity contribution in [3.05, 3.63) is 42.0 Å². The second kappa shape index (κ2) is 4.62. The van der Waals surface area contributed by atoms with Crippen molar-refractivity contribution < 1.29 is 14.3 Å². The smallest absolute Gasteiger partial charge is 0.325 e. The number of rotatable bonds is 4. The zero-order valence-corrected chi connectivity index (χ0v) is 9.97. The molecule has 5 heteroatoms. The standard InChI is InChI=1S/C13H14N2O3/c1-18-11(16)8-15-12(17)13(14)7-10(13)9-5-3-2-4-6-9/h2-7H,8,14H2,1H3,(H,15,17)/t13-/m1/s1. The van der Waals surface area contributed by atoms with Crippen LogP contribution in [0.2, 0.25) is 0 Å². The summed E-state index contributed by atoms with van der Waals surface area (Å²) in [4.78, 5) is 22.8. The van der Waals surface area contributed by atoms with E-state index in [-0.39, 0.29) is 6.54 Å². The highest BCUT2D eigenvalue weighted by atomic mass is 16.5. The molecule has 1 aliphatic rings. The minimum Gasteiger partial charge on any atom is -0.468 e. The van der Waals surface area contributed by atoms with Crippen molar-refractivity contribution >= 4 is 17.4 Å². The molecule has 1 amide bonds. The summed E-state index contributed by atoms with van der Waals surface area (Å²) in [7, 11) is 1.26. The first kappa shape index (κ1) is 12.3. The largest absolute Gasteiger partial charge is 0.468 e. The highest BCUT2D eigenvalue weighted by Gasteiger charge is 2.47. The van der Waals surface area contributed by atoms with Gasteiger partial charge in [0.1, 0.15) is 12.1 Å². The molecule has 0 heterocycles. The van der Waals surface area contributed by atoms with Crippen LogP contribution in [0.25, 0.3) is 5.57 Å². The maximum absolute atomic E-state index is 11.8. The third-order valence-corrected chi connectivity index (χ3v) is 2.82. The van der Waals surface area contributed by atoms with Gasteiger partial charge in [-0.15, -0.1) is 0 Å². The van der Waals surface area contributed by atoms with E-state index < -0.39 is 17.4 Å². The van der Waals surface area contributed by atoms with Gasteiger partial charge in [-0.3, -0.25) is 9.59 Å². The quantitative estimate of drug-likeness (QED) is 0.737. The number of ether oxygens (including phenoxy) is 1. The van der Waals surface area contributed by atoms with Crippen LogP contribution in [0.4, 0.5) is 0 Å². The molecule has 0 fully saturated rings. The van der Waals surface area contributed by atoms with Gasteiger partial charge in [0.05, 0.1) is 7.11 Å². The molecule has 18 heavy (non-hydrogen) atoms. The summed E-state index contributed by atoms with van der Waals surface area (Å²) in [5.41, 5.74) is 6.51. The van der Waals surface area contributed by atoms with E-state index in [0.29, 0.717) is 0 Å². The van der Waals surface area contributed by atoms with Crippen LogP contribution in [-0.4, -0.2) is 31.1 Å². The fourth-order valence-electron chi connectivity index (χ4n) is 1.69. The lowest BCUT2D eigenvalue weighted by atomic mass is 10.1. The van der Waals surface area contributed by atoms with Crippen molar-refractivity contribution in [2.24, 2.45) is 5.73 Å². The first-order valence-electron chi connectivity index (χ1n) is 5.50. The zero-order chi connectivity index (χ0) is 13.2. The maximum atomic E-state index is 11.8. The monoisotopic (exact) mass is 246 g/mol. The number of benzene rings is 1. The summed E-state index contributed by atoms with van der Waals surface area (Å²) in [5.74, 6) is -0.902. The molecule has 0 saturated carbocycles. The summed E-state index contributed by atoms with van der Waals surface area (Å²) in [5, 5.41) is 2.44. The predicted molar refractivity (Wildman–Crippen MR) is 66.4 cm³/mol. The first-order valence-corrected chi connectivity index (χ1v) is 5.50. The molecule has 1 aliphatic carbocycles. The number of nitrogens with two attached hydrogens (primary N) is 1. The second-order valence-corrected chi connectivity index (χ2v) is 4.05. The van der Waals surface area contributed by atoms with Gasteiger partial charge in [-0.2, -0.15) is 0 Å². The van der Waals surface area contributed by atoms with E-state index in [9.17, 15) is 9.59 Å². The van der Waals surface area contributed by atoms with Crippen LogP contribution in [0.15, 0.2) is 36.4 Å². The summed E-state index contributed by atoms with van der Waals surface area (Å²) in [6, 6.07) is 9.41. The van der Waals surface area contributed by atoms with Crippen LogP contribution in [0, 0.1) is 0 Å². The Morgan fingerprint density at radius 3 is 2.61 bits per heavy atom. The summed E-state index contributed by atoms with van der Waals surface area (Å²) < 4.78 is 4.43. The Morgan fingerprint density at radius 1 is 1.33 bits per heavy atom. The molecule has 94 valence electrons. The fraction of sp³-hybridized carbons (Fsp3) is 0.231. The Labute approximate surface area is 105 Å². The normalized spacial score (nSPS) is 20.9. The number of nitrogens with one attached hydrogen (secondary N) is 1. The van der Waals surface area contributed by atoms with Crippen molar-refractivity contribution in [1.82, 2.24) is 5.32 Å². The Kier molecular flexibility index (Phi) is 3.16. The van der Waals surface area contributed by atoms with Crippen molar-refractivity contribution in [1.29, 1.82) is 0 Å². The number of carbonyl (C=O) groups excluding carboxylic acids is 2. The Balaban J connectivity index is 1.96.